The van der Waals surface area contributed by atoms with Crippen molar-refractivity contribution in [1.82, 2.24) is 14.5 Å². The van der Waals surface area contributed by atoms with Gasteiger partial charge in [0.2, 0.25) is 0 Å². The third kappa shape index (κ3) is 3.57. The molecule has 0 atom stereocenters. The predicted molar refractivity (Wildman–Crippen MR) is 95.5 cm³/mol. The van der Waals surface area contributed by atoms with Crippen molar-refractivity contribution in [1.29, 1.82) is 0 Å². The summed E-state index contributed by atoms with van der Waals surface area (Å²) in [4.78, 5) is 41.2. The fourth-order valence-corrected chi connectivity index (χ4v) is 3.20. The number of hydrogen-bond acceptors (Lipinski definition) is 5. The number of halogens is 1. The van der Waals surface area contributed by atoms with E-state index in [2.05, 4.69) is 4.98 Å². The van der Waals surface area contributed by atoms with E-state index < -0.39 is 17.2 Å². The van der Waals surface area contributed by atoms with Gasteiger partial charge in [0, 0.05) is 24.7 Å². The summed E-state index contributed by atoms with van der Waals surface area (Å²) in [5.74, 6) is -1.34. The first kappa shape index (κ1) is 18.4. The number of carbonyl (C=O) groups is 1. The van der Waals surface area contributed by atoms with Gasteiger partial charge in [-0.1, -0.05) is 11.6 Å². The number of aromatic amines is 1. The van der Waals surface area contributed by atoms with Gasteiger partial charge in [-0.3, -0.25) is 9.69 Å². The maximum Gasteiger partial charge on any atom is 0.352 e. The van der Waals surface area contributed by atoms with Crippen LogP contribution in [0.15, 0.2) is 27.8 Å². The summed E-state index contributed by atoms with van der Waals surface area (Å²) in [6, 6.07) is 4.77. The van der Waals surface area contributed by atoms with Gasteiger partial charge in [-0.2, -0.15) is 0 Å². The van der Waals surface area contributed by atoms with Gasteiger partial charge >= 0.3 is 11.7 Å². The van der Waals surface area contributed by atoms with E-state index in [-0.39, 0.29) is 17.8 Å². The Morgan fingerprint density at radius 2 is 2.00 bits per heavy atom. The number of nitrogens with zero attached hydrogens (tertiary/aromatic N) is 2. The summed E-state index contributed by atoms with van der Waals surface area (Å²) in [6.07, 6.45) is 0. The van der Waals surface area contributed by atoms with Crippen LogP contribution in [0.4, 0.5) is 0 Å². The molecule has 1 aromatic heterocycles. The lowest BCUT2D eigenvalue weighted by Gasteiger charge is -2.26. The van der Waals surface area contributed by atoms with E-state index in [1.54, 1.807) is 25.1 Å². The fourth-order valence-electron chi connectivity index (χ4n) is 2.97. The Hall–Kier alpha value is -2.42. The van der Waals surface area contributed by atoms with E-state index in [1.807, 2.05) is 4.90 Å². The Balaban J connectivity index is 2.17. The van der Waals surface area contributed by atoms with Crippen molar-refractivity contribution in [3.8, 4) is 5.69 Å². The second kappa shape index (κ2) is 7.45. The highest BCUT2D eigenvalue weighted by atomic mass is 35.5. The smallest absolute Gasteiger partial charge is 0.352 e. The Labute approximate surface area is 153 Å². The lowest BCUT2D eigenvalue weighted by atomic mass is 10.1. The SMILES string of the molecule is Cc1cc(Cl)ccc1-n1c(=O)[nH]c(C(=O)O)c(CN2CCOCC2)c1=O. The standard InChI is InChI=1S/C17H18ClN3O5/c1-10-8-11(18)2-3-13(10)21-15(22)12(9-20-4-6-26-7-5-20)14(16(23)24)19-17(21)25/h2-3,8H,4-7,9H2,1H3,(H,19,25)(H,23,24). The van der Waals surface area contributed by atoms with Crippen LogP contribution in [0.3, 0.4) is 0 Å². The molecule has 0 bridgehead atoms. The van der Waals surface area contributed by atoms with Crippen LogP contribution in [0.25, 0.3) is 5.69 Å². The van der Waals surface area contributed by atoms with Crippen LogP contribution in [-0.4, -0.2) is 51.8 Å². The van der Waals surface area contributed by atoms with Crippen molar-refractivity contribution >= 4 is 17.6 Å². The van der Waals surface area contributed by atoms with Crippen LogP contribution >= 0.6 is 11.6 Å². The highest BCUT2D eigenvalue weighted by Crippen LogP contribution is 2.17. The van der Waals surface area contributed by atoms with Crippen LogP contribution in [0.1, 0.15) is 21.6 Å². The van der Waals surface area contributed by atoms with Crippen LogP contribution in [0.2, 0.25) is 5.02 Å². The molecule has 138 valence electrons. The van der Waals surface area contributed by atoms with Gasteiger partial charge in [0.1, 0.15) is 5.69 Å². The summed E-state index contributed by atoms with van der Waals surface area (Å²) in [7, 11) is 0. The Morgan fingerprint density at radius 3 is 2.62 bits per heavy atom. The number of aromatic nitrogens is 2. The molecule has 2 N–H and O–H groups in total. The number of aryl methyl sites for hydroxylation is 1. The van der Waals surface area contributed by atoms with E-state index in [0.29, 0.717) is 42.6 Å². The highest BCUT2D eigenvalue weighted by Gasteiger charge is 2.23. The number of benzene rings is 1. The number of ether oxygens (including phenoxy) is 1. The van der Waals surface area contributed by atoms with Gasteiger partial charge in [-0.15, -0.1) is 0 Å². The number of carboxylic acid groups (broad SMARTS) is 1. The van der Waals surface area contributed by atoms with E-state index in [4.69, 9.17) is 16.3 Å². The topological polar surface area (TPSA) is 105 Å². The number of H-pyrrole nitrogens is 1. The van der Waals surface area contributed by atoms with Crippen molar-refractivity contribution in [3.05, 3.63) is 60.9 Å². The van der Waals surface area contributed by atoms with Gasteiger partial charge in [-0.25, -0.2) is 14.2 Å². The maximum atomic E-state index is 13.0. The van der Waals surface area contributed by atoms with Crippen LogP contribution in [0.5, 0.6) is 0 Å². The molecule has 1 saturated heterocycles. The van der Waals surface area contributed by atoms with Crippen molar-refractivity contribution in [2.24, 2.45) is 0 Å². The van der Waals surface area contributed by atoms with Crippen molar-refractivity contribution < 1.29 is 14.6 Å². The predicted octanol–water partition coefficient (Wildman–Crippen LogP) is 1.02. The number of carboxylic acids is 1. The molecular formula is C17H18ClN3O5. The molecule has 2 heterocycles. The number of aromatic carboxylic acids is 1. The molecule has 0 radical (unpaired) electrons. The largest absolute Gasteiger partial charge is 0.477 e. The Kier molecular flexibility index (Phi) is 5.26. The summed E-state index contributed by atoms with van der Waals surface area (Å²) in [6.45, 7) is 4.02. The molecule has 0 aliphatic carbocycles. The van der Waals surface area contributed by atoms with Gasteiger partial charge in [0.25, 0.3) is 5.56 Å². The molecule has 0 spiro atoms. The van der Waals surface area contributed by atoms with Crippen LogP contribution in [-0.2, 0) is 11.3 Å². The Bertz CT molecular complexity index is 960. The maximum absolute atomic E-state index is 13.0. The number of nitrogens with one attached hydrogen (secondary N) is 1. The molecule has 1 fully saturated rings. The van der Waals surface area contributed by atoms with Gasteiger partial charge < -0.3 is 14.8 Å². The minimum absolute atomic E-state index is 0.0355. The molecular weight excluding hydrogens is 362 g/mol. The number of hydrogen-bond donors (Lipinski definition) is 2. The van der Waals surface area contributed by atoms with Gasteiger partial charge in [0.05, 0.1) is 24.5 Å². The Morgan fingerprint density at radius 1 is 1.31 bits per heavy atom. The lowest BCUT2D eigenvalue weighted by molar-refractivity contribution is 0.0336. The van der Waals surface area contributed by atoms with Gasteiger partial charge in [0.15, 0.2) is 0 Å². The second-order valence-corrected chi connectivity index (χ2v) is 6.49. The fraction of sp³-hybridized carbons (Fsp3) is 0.353. The minimum Gasteiger partial charge on any atom is -0.477 e. The van der Waals surface area contributed by atoms with E-state index in [0.717, 1.165) is 4.57 Å². The monoisotopic (exact) mass is 379 g/mol. The molecule has 1 aliphatic heterocycles. The lowest BCUT2D eigenvalue weighted by Crippen LogP contribution is -2.43. The molecule has 3 rings (SSSR count). The zero-order valence-corrected chi connectivity index (χ0v) is 14.9. The molecule has 1 aliphatic rings. The first-order chi connectivity index (χ1) is 12.4. The molecule has 0 amide bonds. The summed E-state index contributed by atoms with van der Waals surface area (Å²) in [5.41, 5.74) is -0.805. The molecule has 1 aromatic carbocycles. The van der Waals surface area contributed by atoms with E-state index in [1.165, 1.54) is 0 Å². The number of rotatable bonds is 4. The minimum atomic E-state index is -1.34. The van der Waals surface area contributed by atoms with Crippen molar-refractivity contribution in [2.45, 2.75) is 13.5 Å². The summed E-state index contributed by atoms with van der Waals surface area (Å²) < 4.78 is 6.23. The third-order valence-electron chi connectivity index (χ3n) is 4.30. The van der Waals surface area contributed by atoms with E-state index >= 15 is 0 Å². The van der Waals surface area contributed by atoms with Crippen molar-refractivity contribution in [3.63, 3.8) is 0 Å². The number of morpholine rings is 1. The summed E-state index contributed by atoms with van der Waals surface area (Å²) >= 11 is 5.94. The van der Waals surface area contributed by atoms with Crippen LogP contribution in [0, 0.1) is 6.92 Å². The third-order valence-corrected chi connectivity index (χ3v) is 4.53. The molecule has 26 heavy (non-hydrogen) atoms. The summed E-state index contributed by atoms with van der Waals surface area (Å²) in [5, 5.41) is 9.90. The quantitative estimate of drug-likeness (QED) is 0.821. The molecule has 8 nitrogen and oxygen atoms in total. The van der Waals surface area contributed by atoms with E-state index in [9.17, 15) is 19.5 Å². The second-order valence-electron chi connectivity index (χ2n) is 6.05. The van der Waals surface area contributed by atoms with Gasteiger partial charge in [-0.05, 0) is 30.7 Å². The molecule has 9 heteroatoms. The normalized spacial score (nSPS) is 15.2. The van der Waals surface area contributed by atoms with Crippen LogP contribution < -0.4 is 11.2 Å². The zero-order chi connectivity index (χ0) is 18.8. The first-order valence-corrected chi connectivity index (χ1v) is 8.44. The molecule has 2 aromatic rings. The molecule has 0 saturated carbocycles. The van der Waals surface area contributed by atoms with Crippen molar-refractivity contribution in [2.75, 3.05) is 26.3 Å². The average molecular weight is 380 g/mol. The molecule has 0 unspecified atom stereocenters. The highest BCUT2D eigenvalue weighted by molar-refractivity contribution is 6.30. The average Bonchev–Trinajstić information content (AvgIpc) is 2.59. The zero-order valence-electron chi connectivity index (χ0n) is 14.1. The first-order valence-electron chi connectivity index (χ1n) is 8.06.